The van der Waals surface area contributed by atoms with Crippen LogP contribution in [0.25, 0.3) is 0 Å². The lowest BCUT2D eigenvalue weighted by molar-refractivity contribution is -0.141. The SMILES string of the molecule is CC(N[C@H](C(=O)O)C(C)C)C(N)=O. The van der Waals surface area contributed by atoms with E-state index in [1.54, 1.807) is 20.8 Å². The van der Waals surface area contributed by atoms with Crippen molar-refractivity contribution in [3.8, 4) is 0 Å². The van der Waals surface area contributed by atoms with E-state index in [0.29, 0.717) is 0 Å². The minimum absolute atomic E-state index is 0.0840. The summed E-state index contributed by atoms with van der Waals surface area (Å²) >= 11 is 0. The van der Waals surface area contributed by atoms with Crippen LogP contribution in [-0.2, 0) is 9.59 Å². The van der Waals surface area contributed by atoms with Crippen molar-refractivity contribution in [2.24, 2.45) is 11.7 Å². The highest BCUT2D eigenvalue weighted by Crippen LogP contribution is 2.02. The van der Waals surface area contributed by atoms with E-state index in [1.807, 2.05) is 0 Å². The van der Waals surface area contributed by atoms with Gasteiger partial charge in [0.2, 0.25) is 5.91 Å². The van der Waals surface area contributed by atoms with Crippen molar-refractivity contribution in [1.82, 2.24) is 5.32 Å². The molecule has 0 radical (unpaired) electrons. The number of aliphatic carboxylic acids is 1. The van der Waals surface area contributed by atoms with E-state index in [0.717, 1.165) is 0 Å². The summed E-state index contributed by atoms with van der Waals surface area (Å²) in [4.78, 5) is 21.3. The van der Waals surface area contributed by atoms with E-state index in [4.69, 9.17) is 10.8 Å². The zero-order valence-corrected chi connectivity index (χ0v) is 8.07. The molecule has 76 valence electrons. The van der Waals surface area contributed by atoms with E-state index in [1.165, 1.54) is 0 Å². The summed E-state index contributed by atoms with van der Waals surface area (Å²) in [6, 6.07) is -1.36. The Bertz CT molecular complexity index is 204. The second-order valence-corrected chi connectivity index (χ2v) is 3.35. The number of carboxylic acid groups (broad SMARTS) is 1. The van der Waals surface area contributed by atoms with Gasteiger partial charge in [0.1, 0.15) is 6.04 Å². The number of hydrogen-bond donors (Lipinski definition) is 3. The molecule has 0 aromatic carbocycles. The molecule has 0 aliphatic carbocycles. The van der Waals surface area contributed by atoms with E-state index in [-0.39, 0.29) is 5.92 Å². The predicted molar refractivity (Wildman–Crippen MR) is 48.1 cm³/mol. The quantitative estimate of drug-likeness (QED) is 0.545. The van der Waals surface area contributed by atoms with Gasteiger partial charge >= 0.3 is 5.97 Å². The first-order valence-electron chi connectivity index (χ1n) is 4.14. The minimum Gasteiger partial charge on any atom is -0.480 e. The average molecular weight is 188 g/mol. The van der Waals surface area contributed by atoms with Gasteiger partial charge < -0.3 is 10.8 Å². The first-order chi connectivity index (χ1) is 5.86. The molecule has 0 spiro atoms. The number of amides is 1. The van der Waals surface area contributed by atoms with Crippen molar-refractivity contribution in [3.63, 3.8) is 0 Å². The first kappa shape index (κ1) is 11.9. The Morgan fingerprint density at radius 2 is 1.77 bits per heavy atom. The van der Waals surface area contributed by atoms with Gasteiger partial charge in [0.05, 0.1) is 6.04 Å². The predicted octanol–water partition coefficient (Wildman–Crippen LogP) is -0.441. The van der Waals surface area contributed by atoms with Crippen LogP contribution < -0.4 is 11.1 Å². The van der Waals surface area contributed by atoms with Crippen LogP contribution in [0, 0.1) is 5.92 Å². The molecule has 1 unspecified atom stereocenters. The van der Waals surface area contributed by atoms with Gasteiger partial charge in [-0.1, -0.05) is 13.8 Å². The maximum atomic E-state index is 10.7. The highest BCUT2D eigenvalue weighted by atomic mass is 16.4. The first-order valence-corrected chi connectivity index (χ1v) is 4.14. The Hall–Kier alpha value is -1.10. The lowest BCUT2D eigenvalue weighted by Crippen LogP contribution is -2.50. The summed E-state index contributed by atoms with van der Waals surface area (Å²) in [5.41, 5.74) is 4.99. The Balaban J connectivity index is 4.27. The maximum absolute atomic E-state index is 10.7. The smallest absolute Gasteiger partial charge is 0.320 e. The third-order valence-corrected chi connectivity index (χ3v) is 1.79. The van der Waals surface area contributed by atoms with Crippen molar-refractivity contribution in [1.29, 1.82) is 0 Å². The maximum Gasteiger partial charge on any atom is 0.320 e. The fraction of sp³-hybridized carbons (Fsp3) is 0.750. The average Bonchev–Trinajstić information content (AvgIpc) is 1.97. The van der Waals surface area contributed by atoms with Gasteiger partial charge in [-0.25, -0.2) is 0 Å². The standard InChI is InChI=1S/C8H16N2O3/c1-4(2)6(8(12)13)10-5(3)7(9)11/h4-6,10H,1-3H3,(H2,9,11)(H,12,13)/t5?,6-/m0/s1. The molecule has 0 saturated heterocycles. The van der Waals surface area contributed by atoms with Crippen molar-refractivity contribution in [2.45, 2.75) is 32.9 Å². The van der Waals surface area contributed by atoms with Gasteiger partial charge in [0.15, 0.2) is 0 Å². The lowest BCUT2D eigenvalue weighted by Gasteiger charge is -2.20. The van der Waals surface area contributed by atoms with Crippen LogP contribution in [-0.4, -0.2) is 29.1 Å². The van der Waals surface area contributed by atoms with Crippen molar-refractivity contribution in [3.05, 3.63) is 0 Å². The molecule has 0 fully saturated rings. The van der Waals surface area contributed by atoms with Crippen LogP contribution >= 0.6 is 0 Å². The van der Waals surface area contributed by atoms with Crippen LogP contribution in [0.15, 0.2) is 0 Å². The van der Waals surface area contributed by atoms with Gasteiger partial charge in [-0.05, 0) is 12.8 Å². The Morgan fingerprint density at radius 3 is 2.00 bits per heavy atom. The molecule has 4 N–H and O–H groups in total. The fourth-order valence-electron chi connectivity index (χ4n) is 0.900. The second-order valence-electron chi connectivity index (χ2n) is 3.35. The number of carbonyl (C=O) groups excluding carboxylic acids is 1. The molecule has 0 rings (SSSR count). The second kappa shape index (κ2) is 4.81. The third-order valence-electron chi connectivity index (χ3n) is 1.79. The summed E-state index contributed by atoms with van der Waals surface area (Å²) in [7, 11) is 0. The van der Waals surface area contributed by atoms with Gasteiger partial charge in [-0.15, -0.1) is 0 Å². The number of hydrogen-bond acceptors (Lipinski definition) is 3. The lowest BCUT2D eigenvalue weighted by atomic mass is 10.0. The summed E-state index contributed by atoms with van der Waals surface area (Å²) in [6.07, 6.45) is 0. The van der Waals surface area contributed by atoms with Crippen LogP contribution in [0.5, 0.6) is 0 Å². The van der Waals surface area contributed by atoms with Gasteiger partial charge in [0.25, 0.3) is 0 Å². The molecule has 5 heteroatoms. The number of nitrogens with two attached hydrogens (primary N) is 1. The zero-order valence-electron chi connectivity index (χ0n) is 8.07. The normalized spacial score (nSPS) is 15.4. The van der Waals surface area contributed by atoms with Gasteiger partial charge in [-0.3, -0.25) is 14.9 Å². The summed E-state index contributed by atoms with van der Waals surface area (Å²) in [6.45, 7) is 5.07. The Kier molecular flexibility index (Phi) is 4.40. The Morgan fingerprint density at radius 1 is 1.31 bits per heavy atom. The van der Waals surface area contributed by atoms with E-state index >= 15 is 0 Å². The fourth-order valence-corrected chi connectivity index (χ4v) is 0.900. The molecule has 0 aromatic rings. The largest absolute Gasteiger partial charge is 0.480 e. The highest BCUT2D eigenvalue weighted by molar-refractivity contribution is 5.81. The summed E-state index contributed by atoms with van der Waals surface area (Å²) in [5.74, 6) is -1.60. The number of rotatable bonds is 5. The van der Waals surface area contributed by atoms with Crippen LogP contribution in [0.3, 0.4) is 0 Å². The van der Waals surface area contributed by atoms with Crippen LogP contribution in [0.1, 0.15) is 20.8 Å². The number of carbonyl (C=O) groups is 2. The number of primary amides is 1. The molecule has 0 aliphatic rings. The van der Waals surface area contributed by atoms with Crippen LogP contribution in [0.2, 0.25) is 0 Å². The zero-order chi connectivity index (χ0) is 10.6. The molecule has 0 aromatic heterocycles. The molecular formula is C8H16N2O3. The van der Waals surface area contributed by atoms with E-state index < -0.39 is 24.0 Å². The molecule has 1 amide bonds. The number of nitrogens with one attached hydrogen (secondary N) is 1. The minimum atomic E-state index is -0.969. The van der Waals surface area contributed by atoms with Gasteiger partial charge in [0, 0.05) is 0 Å². The van der Waals surface area contributed by atoms with Crippen LogP contribution in [0.4, 0.5) is 0 Å². The molecule has 13 heavy (non-hydrogen) atoms. The molecule has 5 nitrogen and oxygen atoms in total. The highest BCUT2D eigenvalue weighted by Gasteiger charge is 2.24. The molecule has 0 heterocycles. The van der Waals surface area contributed by atoms with Crippen molar-refractivity contribution >= 4 is 11.9 Å². The molecule has 2 atom stereocenters. The molecular weight excluding hydrogens is 172 g/mol. The Labute approximate surface area is 77.3 Å². The van der Waals surface area contributed by atoms with E-state index in [9.17, 15) is 9.59 Å². The summed E-state index contributed by atoms with van der Waals surface area (Å²) < 4.78 is 0. The molecule has 0 bridgehead atoms. The van der Waals surface area contributed by atoms with Crippen molar-refractivity contribution in [2.75, 3.05) is 0 Å². The van der Waals surface area contributed by atoms with E-state index in [2.05, 4.69) is 5.32 Å². The topological polar surface area (TPSA) is 92.4 Å². The molecule has 0 saturated carbocycles. The number of carboxylic acids is 1. The third kappa shape index (κ3) is 3.89. The van der Waals surface area contributed by atoms with Gasteiger partial charge in [-0.2, -0.15) is 0 Å². The van der Waals surface area contributed by atoms with Crippen molar-refractivity contribution < 1.29 is 14.7 Å². The summed E-state index contributed by atoms with van der Waals surface area (Å²) in [5, 5.41) is 11.4. The molecule has 0 aliphatic heterocycles. The monoisotopic (exact) mass is 188 g/mol.